The van der Waals surface area contributed by atoms with Gasteiger partial charge in [-0.2, -0.15) is 0 Å². The average molecular weight is 364 g/mol. The van der Waals surface area contributed by atoms with Crippen molar-refractivity contribution in [2.75, 3.05) is 11.1 Å². The van der Waals surface area contributed by atoms with E-state index >= 15 is 0 Å². The van der Waals surface area contributed by atoms with Gasteiger partial charge in [-0.15, -0.1) is 11.3 Å². The molecular formula is C18H21NO3S2. The highest BCUT2D eigenvalue weighted by molar-refractivity contribution is 7.92. The lowest BCUT2D eigenvalue weighted by Crippen LogP contribution is -2.24. The summed E-state index contributed by atoms with van der Waals surface area (Å²) in [5.74, 6) is -0.314. The Morgan fingerprint density at radius 3 is 2.58 bits per heavy atom. The zero-order chi connectivity index (χ0) is 17.0. The number of amides is 1. The molecule has 0 spiro atoms. The molecule has 0 aliphatic heterocycles. The molecule has 1 aliphatic carbocycles. The van der Waals surface area contributed by atoms with Gasteiger partial charge < -0.3 is 5.32 Å². The summed E-state index contributed by atoms with van der Waals surface area (Å²) in [5.41, 5.74) is 1.68. The van der Waals surface area contributed by atoms with Crippen molar-refractivity contribution in [3.63, 3.8) is 0 Å². The summed E-state index contributed by atoms with van der Waals surface area (Å²) < 4.78 is 24.5. The Bertz CT molecular complexity index is 791. The number of carbonyl (C=O) groups is 1. The molecule has 0 bridgehead atoms. The molecule has 0 atom stereocenters. The van der Waals surface area contributed by atoms with Gasteiger partial charge in [0.1, 0.15) is 0 Å². The van der Waals surface area contributed by atoms with Crippen LogP contribution in [0, 0.1) is 0 Å². The molecule has 4 nitrogen and oxygen atoms in total. The number of carbonyl (C=O) groups excluding carboxylic acids is 1. The second kappa shape index (κ2) is 7.49. The van der Waals surface area contributed by atoms with Gasteiger partial charge in [0.25, 0.3) is 0 Å². The van der Waals surface area contributed by atoms with Crippen LogP contribution in [0.1, 0.15) is 32.1 Å². The van der Waals surface area contributed by atoms with E-state index in [2.05, 4.69) is 5.32 Å². The Morgan fingerprint density at radius 2 is 1.88 bits per heavy atom. The van der Waals surface area contributed by atoms with Gasteiger partial charge in [0.2, 0.25) is 5.91 Å². The van der Waals surface area contributed by atoms with Crippen LogP contribution in [0.4, 0.5) is 5.69 Å². The number of para-hydroxylation sites is 1. The van der Waals surface area contributed by atoms with E-state index in [1.165, 1.54) is 0 Å². The maximum atomic E-state index is 12.3. The number of hydrogen-bond acceptors (Lipinski definition) is 4. The SMILES string of the molecule is O=C(CCS(=O)(=O)C1CCCC1)Nc1ccccc1-c1cccs1. The standard InChI is InChI=1S/C18H21NO3S2/c20-18(11-13-24(21,22)14-6-1-2-7-14)19-16-9-4-3-8-15(16)17-10-5-12-23-17/h3-5,8-10,12,14H,1-2,6-7,11,13H2,(H,19,20). The van der Waals surface area contributed by atoms with Crippen molar-refractivity contribution in [1.82, 2.24) is 0 Å². The zero-order valence-corrected chi connectivity index (χ0v) is 15.0. The molecule has 0 unspecified atom stereocenters. The van der Waals surface area contributed by atoms with Crippen molar-refractivity contribution in [3.8, 4) is 10.4 Å². The minimum Gasteiger partial charge on any atom is -0.325 e. The van der Waals surface area contributed by atoms with Crippen LogP contribution in [0.25, 0.3) is 10.4 Å². The van der Waals surface area contributed by atoms with E-state index in [1.54, 1.807) is 11.3 Å². The number of thiophene rings is 1. The van der Waals surface area contributed by atoms with Crippen molar-refractivity contribution in [3.05, 3.63) is 41.8 Å². The van der Waals surface area contributed by atoms with E-state index < -0.39 is 9.84 Å². The molecular weight excluding hydrogens is 342 g/mol. The van der Waals surface area contributed by atoms with Crippen LogP contribution in [0.3, 0.4) is 0 Å². The first kappa shape index (κ1) is 17.2. The smallest absolute Gasteiger partial charge is 0.225 e. The number of anilines is 1. The van der Waals surface area contributed by atoms with Crippen LogP contribution in [0.2, 0.25) is 0 Å². The van der Waals surface area contributed by atoms with Crippen LogP contribution in [0.15, 0.2) is 41.8 Å². The molecule has 2 aromatic rings. The van der Waals surface area contributed by atoms with Gasteiger partial charge >= 0.3 is 0 Å². The van der Waals surface area contributed by atoms with Crippen molar-refractivity contribution in [2.24, 2.45) is 0 Å². The van der Waals surface area contributed by atoms with Gasteiger partial charge in [-0.3, -0.25) is 4.79 Å². The molecule has 0 radical (unpaired) electrons. The fourth-order valence-electron chi connectivity index (χ4n) is 3.10. The zero-order valence-electron chi connectivity index (χ0n) is 13.4. The molecule has 128 valence electrons. The molecule has 1 saturated carbocycles. The Labute approximate surface area is 146 Å². The summed E-state index contributed by atoms with van der Waals surface area (Å²) in [6.07, 6.45) is 3.45. The lowest BCUT2D eigenvalue weighted by molar-refractivity contribution is -0.115. The second-order valence-electron chi connectivity index (χ2n) is 6.09. The first-order chi connectivity index (χ1) is 11.6. The van der Waals surface area contributed by atoms with Gasteiger partial charge in [0, 0.05) is 22.5 Å². The van der Waals surface area contributed by atoms with E-state index in [9.17, 15) is 13.2 Å². The van der Waals surface area contributed by atoms with Crippen LogP contribution in [-0.4, -0.2) is 25.3 Å². The average Bonchev–Trinajstić information content (AvgIpc) is 3.27. The number of sulfone groups is 1. The highest BCUT2D eigenvalue weighted by Gasteiger charge is 2.28. The topological polar surface area (TPSA) is 63.2 Å². The van der Waals surface area contributed by atoms with Gasteiger partial charge in [0.05, 0.1) is 11.0 Å². The fourth-order valence-corrected chi connectivity index (χ4v) is 5.72. The number of benzene rings is 1. The molecule has 1 aromatic heterocycles. The predicted molar refractivity (Wildman–Crippen MR) is 99.0 cm³/mol. The third-order valence-electron chi connectivity index (χ3n) is 4.41. The van der Waals surface area contributed by atoms with E-state index in [-0.39, 0.29) is 23.3 Å². The first-order valence-corrected chi connectivity index (χ1v) is 10.8. The fraction of sp³-hybridized carbons (Fsp3) is 0.389. The van der Waals surface area contributed by atoms with E-state index in [1.807, 2.05) is 41.8 Å². The molecule has 0 saturated heterocycles. The van der Waals surface area contributed by atoms with Gasteiger partial charge in [-0.1, -0.05) is 37.1 Å². The predicted octanol–water partition coefficient (Wildman–Crippen LogP) is 4.10. The highest BCUT2D eigenvalue weighted by atomic mass is 32.2. The summed E-state index contributed by atoms with van der Waals surface area (Å²) in [5, 5.41) is 4.61. The lowest BCUT2D eigenvalue weighted by Gasteiger charge is -2.12. The highest BCUT2D eigenvalue weighted by Crippen LogP contribution is 2.31. The Balaban J connectivity index is 1.64. The Kier molecular flexibility index (Phi) is 5.36. The Morgan fingerprint density at radius 1 is 1.12 bits per heavy atom. The van der Waals surface area contributed by atoms with Gasteiger partial charge in [0.15, 0.2) is 9.84 Å². The van der Waals surface area contributed by atoms with Crippen LogP contribution in [-0.2, 0) is 14.6 Å². The molecule has 1 aromatic carbocycles. The van der Waals surface area contributed by atoms with Crippen molar-refractivity contribution in [1.29, 1.82) is 0 Å². The number of hydrogen-bond donors (Lipinski definition) is 1. The third-order valence-corrected chi connectivity index (χ3v) is 7.57. The van der Waals surface area contributed by atoms with E-state index in [4.69, 9.17) is 0 Å². The number of nitrogens with one attached hydrogen (secondary N) is 1. The molecule has 3 rings (SSSR count). The minimum atomic E-state index is -3.16. The molecule has 1 amide bonds. The number of rotatable bonds is 6. The molecule has 1 N–H and O–H groups in total. The largest absolute Gasteiger partial charge is 0.325 e. The van der Waals surface area contributed by atoms with Gasteiger partial charge in [-0.25, -0.2) is 8.42 Å². The maximum Gasteiger partial charge on any atom is 0.225 e. The van der Waals surface area contributed by atoms with Crippen molar-refractivity contribution >= 4 is 32.8 Å². The quantitative estimate of drug-likeness (QED) is 0.840. The monoisotopic (exact) mass is 363 g/mol. The Hall–Kier alpha value is -1.66. The second-order valence-corrected chi connectivity index (χ2v) is 9.44. The van der Waals surface area contributed by atoms with Crippen LogP contribution in [0.5, 0.6) is 0 Å². The molecule has 1 heterocycles. The summed E-state index contributed by atoms with van der Waals surface area (Å²) in [6, 6.07) is 11.6. The summed E-state index contributed by atoms with van der Waals surface area (Å²) in [6.45, 7) is 0. The van der Waals surface area contributed by atoms with Crippen LogP contribution >= 0.6 is 11.3 Å². The first-order valence-electron chi connectivity index (χ1n) is 8.20. The van der Waals surface area contributed by atoms with Crippen LogP contribution < -0.4 is 5.32 Å². The maximum absolute atomic E-state index is 12.3. The van der Waals surface area contributed by atoms with Crippen molar-refractivity contribution < 1.29 is 13.2 Å². The van der Waals surface area contributed by atoms with E-state index in [0.29, 0.717) is 0 Å². The summed E-state index contributed by atoms with van der Waals surface area (Å²) in [4.78, 5) is 13.3. The lowest BCUT2D eigenvalue weighted by atomic mass is 10.1. The minimum absolute atomic E-state index is 0.0115. The van der Waals surface area contributed by atoms with Gasteiger partial charge in [-0.05, 0) is 30.4 Å². The summed E-state index contributed by atoms with van der Waals surface area (Å²) in [7, 11) is -3.16. The molecule has 24 heavy (non-hydrogen) atoms. The van der Waals surface area contributed by atoms with Crippen molar-refractivity contribution in [2.45, 2.75) is 37.4 Å². The molecule has 1 aliphatic rings. The molecule has 6 heteroatoms. The molecule has 1 fully saturated rings. The third kappa shape index (κ3) is 4.05. The summed E-state index contributed by atoms with van der Waals surface area (Å²) >= 11 is 1.60. The van der Waals surface area contributed by atoms with E-state index in [0.717, 1.165) is 41.8 Å². The normalized spacial score (nSPS) is 15.5.